The summed E-state index contributed by atoms with van der Waals surface area (Å²) in [6, 6.07) is 0. The zero-order valence-corrected chi connectivity index (χ0v) is 15.0. The molecule has 0 spiro atoms. The summed E-state index contributed by atoms with van der Waals surface area (Å²) in [6.45, 7) is 2.61. The predicted octanol–water partition coefficient (Wildman–Crippen LogP) is 4.72. The lowest BCUT2D eigenvalue weighted by molar-refractivity contribution is -0.153. The van der Waals surface area contributed by atoms with Crippen molar-refractivity contribution < 1.29 is 41.0 Å². The Hall–Kier alpha value is -2.19. The van der Waals surface area contributed by atoms with Gasteiger partial charge in [0.25, 0.3) is 0 Å². The highest BCUT2D eigenvalue weighted by Crippen LogP contribution is 2.23. The summed E-state index contributed by atoms with van der Waals surface area (Å²) in [5, 5.41) is 0. The van der Waals surface area contributed by atoms with Crippen molar-refractivity contribution in [2.24, 2.45) is 0 Å². The second-order valence-corrected chi connectivity index (χ2v) is 6.01. The normalized spacial score (nSPS) is 12.0. The number of ether oxygens (including phenoxy) is 2. The second kappa shape index (κ2) is 10.8. The van der Waals surface area contributed by atoms with Crippen LogP contribution in [0.1, 0.15) is 57.9 Å². The monoisotopic (exact) mass is 396 g/mol. The van der Waals surface area contributed by atoms with Gasteiger partial charge in [-0.3, -0.25) is 9.59 Å². The van der Waals surface area contributed by atoms with E-state index in [1.165, 1.54) is 0 Å². The number of halogens is 5. The Morgan fingerprint density at radius 2 is 1.37 bits per heavy atom. The Morgan fingerprint density at radius 1 is 0.852 bits per heavy atom. The van der Waals surface area contributed by atoms with Crippen LogP contribution >= 0.6 is 0 Å². The highest BCUT2D eigenvalue weighted by atomic mass is 19.2. The van der Waals surface area contributed by atoms with Crippen LogP contribution in [0.3, 0.4) is 0 Å². The Labute approximate surface area is 153 Å². The average Bonchev–Trinajstić information content (AvgIpc) is 2.63. The molecule has 0 saturated heterocycles. The number of benzene rings is 1. The minimum absolute atomic E-state index is 0.312. The van der Waals surface area contributed by atoms with Gasteiger partial charge in [0.2, 0.25) is 5.82 Å². The molecule has 0 saturated carbocycles. The number of unbranched alkanes of at least 4 members (excludes halogenated alkanes) is 2. The van der Waals surface area contributed by atoms with E-state index in [-0.39, 0.29) is 12.5 Å². The molecule has 1 unspecified atom stereocenters. The molecule has 27 heavy (non-hydrogen) atoms. The van der Waals surface area contributed by atoms with E-state index < -0.39 is 59.6 Å². The van der Waals surface area contributed by atoms with Crippen LogP contribution in [-0.2, 0) is 25.7 Å². The Balaban J connectivity index is 2.47. The van der Waals surface area contributed by atoms with Gasteiger partial charge in [0.05, 0.1) is 24.5 Å². The molecule has 4 nitrogen and oxygen atoms in total. The summed E-state index contributed by atoms with van der Waals surface area (Å²) >= 11 is 0. The van der Waals surface area contributed by atoms with E-state index in [9.17, 15) is 31.5 Å². The summed E-state index contributed by atoms with van der Waals surface area (Å²) in [5.41, 5.74) is -1.26. The molecule has 0 amide bonds. The van der Waals surface area contributed by atoms with Crippen molar-refractivity contribution in [1.29, 1.82) is 0 Å². The number of carbonyl (C=O) groups excluding carboxylic acids is 2. The molecule has 0 heterocycles. The van der Waals surface area contributed by atoms with Gasteiger partial charge in [0, 0.05) is 0 Å². The molecule has 1 atom stereocenters. The zero-order valence-electron chi connectivity index (χ0n) is 15.0. The molecule has 0 fully saturated rings. The van der Waals surface area contributed by atoms with Crippen LogP contribution < -0.4 is 0 Å². The van der Waals surface area contributed by atoms with E-state index in [1.54, 1.807) is 6.92 Å². The van der Waals surface area contributed by atoms with Crippen LogP contribution in [0.2, 0.25) is 0 Å². The van der Waals surface area contributed by atoms with Crippen LogP contribution in [0.25, 0.3) is 0 Å². The Bertz CT molecular complexity index is 649. The fourth-order valence-electron chi connectivity index (χ4n) is 2.23. The topological polar surface area (TPSA) is 52.6 Å². The summed E-state index contributed by atoms with van der Waals surface area (Å²) < 4.78 is 75.5. The van der Waals surface area contributed by atoms with Crippen LogP contribution in [0.5, 0.6) is 0 Å². The molecular formula is C18H21F5O4. The molecule has 0 radical (unpaired) electrons. The number of rotatable bonds is 10. The number of hydrogen-bond donors (Lipinski definition) is 0. The highest BCUT2D eigenvalue weighted by molar-refractivity contribution is 5.77. The maximum atomic E-state index is 13.5. The van der Waals surface area contributed by atoms with Crippen molar-refractivity contribution in [1.82, 2.24) is 0 Å². The Morgan fingerprint density at radius 3 is 1.93 bits per heavy atom. The maximum Gasteiger partial charge on any atom is 0.306 e. The summed E-state index contributed by atoms with van der Waals surface area (Å²) in [7, 11) is 0. The number of hydrogen-bond acceptors (Lipinski definition) is 4. The molecule has 0 bridgehead atoms. The first-order chi connectivity index (χ1) is 12.7. The van der Waals surface area contributed by atoms with Crippen molar-refractivity contribution in [2.75, 3.05) is 0 Å². The molecule has 152 valence electrons. The summed E-state index contributed by atoms with van der Waals surface area (Å²) in [6.07, 6.45) is 2.53. The first-order valence-corrected chi connectivity index (χ1v) is 8.54. The fraction of sp³-hybridized carbons (Fsp3) is 0.556. The fourth-order valence-corrected chi connectivity index (χ4v) is 2.23. The van der Waals surface area contributed by atoms with Crippen molar-refractivity contribution in [3.63, 3.8) is 0 Å². The third-order valence-corrected chi connectivity index (χ3v) is 3.76. The summed E-state index contributed by atoms with van der Waals surface area (Å²) in [4.78, 5) is 23.1. The average molecular weight is 396 g/mol. The lowest BCUT2D eigenvalue weighted by Gasteiger charge is -2.13. The lowest BCUT2D eigenvalue weighted by atomic mass is 10.1. The zero-order chi connectivity index (χ0) is 20.6. The van der Waals surface area contributed by atoms with Crippen LogP contribution in [-0.4, -0.2) is 18.0 Å². The van der Waals surface area contributed by atoms with Crippen molar-refractivity contribution in [2.45, 2.75) is 65.1 Å². The van der Waals surface area contributed by atoms with Gasteiger partial charge in [-0.2, -0.15) is 0 Å². The minimum Gasteiger partial charge on any atom is -0.463 e. The van der Waals surface area contributed by atoms with Crippen LogP contribution in [0.15, 0.2) is 0 Å². The Kier molecular flexibility index (Phi) is 9.17. The third kappa shape index (κ3) is 6.80. The standard InChI is InChI=1S/C18H21F5O4/c1-3-4-5-6-10(2)27-13(25)8-7-12(24)26-9-11-14(19)16(21)18(23)17(22)15(11)20/h10H,3-9H2,1-2H3. The van der Waals surface area contributed by atoms with E-state index in [0.29, 0.717) is 6.42 Å². The van der Waals surface area contributed by atoms with Gasteiger partial charge in [-0.15, -0.1) is 0 Å². The molecule has 0 aliphatic carbocycles. The van der Waals surface area contributed by atoms with Gasteiger partial charge in [-0.05, 0) is 19.8 Å². The first-order valence-electron chi connectivity index (χ1n) is 8.54. The van der Waals surface area contributed by atoms with Gasteiger partial charge in [-0.25, -0.2) is 22.0 Å². The molecule has 0 aromatic heterocycles. The maximum absolute atomic E-state index is 13.5. The van der Waals surface area contributed by atoms with E-state index in [0.717, 1.165) is 19.3 Å². The SMILES string of the molecule is CCCCCC(C)OC(=O)CCC(=O)OCc1c(F)c(F)c(F)c(F)c1F. The van der Waals surface area contributed by atoms with Crippen LogP contribution in [0.4, 0.5) is 22.0 Å². The molecule has 1 aromatic rings. The smallest absolute Gasteiger partial charge is 0.306 e. The predicted molar refractivity (Wildman–Crippen MR) is 85.0 cm³/mol. The largest absolute Gasteiger partial charge is 0.463 e. The second-order valence-electron chi connectivity index (χ2n) is 6.01. The first kappa shape index (κ1) is 22.9. The van der Waals surface area contributed by atoms with Gasteiger partial charge in [0.1, 0.15) is 6.61 Å². The van der Waals surface area contributed by atoms with Gasteiger partial charge < -0.3 is 9.47 Å². The van der Waals surface area contributed by atoms with E-state index >= 15 is 0 Å². The van der Waals surface area contributed by atoms with Gasteiger partial charge >= 0.3 is 11.9 Å². The number of carbonyl (C=O) groups is 2. The van der Waals surface area contributed by atoms with E-state index in [4.69, 9.17) is 4.74 Å². The molecule has 1 rings (SSSR count). The van der Waals surface area contributed by atoms with Crippen molar-refractivity contribution in [3.8, 4) is 0 Å². The van der Waals surface area contributed by atoms with Crippen LogP contribution in [0, 0.1) is 29.1 Å². The molecule has 9 heteroatoms. The highest BCUT2D eigenvalue weighted by Gasteiger charge is 2.26. The van der Waals surface area contributed by atoms with Crippen molar-refractivity contribution >= 4 is 11.9 Å². The quantitative estimate of drug-likeness (QED) is 0.189. The molecule has 0 aliphatic heterocycles. The minimum atomic E-state index is -2.30. The van der Waals surface area contributed by atoms with Crippen molar-refractivity contribution in [3.05, 3.63) is 34.6 Å². The molecular weight excluding hydrogens is 375 g/mol. The lowest BCUT2D eigenvalue weighted by Crippen LogP contribution is -2.17. The third-order valence-electron chi connectivity index (χ3n) is 3.76. The number of esters is 2. The molecule has 1 aromatic carbocycles. The van der Waals surface area contributed by atoms with Gasteiger partial charge in [-0.1, -0.05) is 19.8 Å². The van der Waals surface area contributed by atoms with Gasteiger partial charge in [0.15, 0.2) is 23.3 Å². The van der Waals surface area contributed by atoms with E-state index in [2.05, 4.69) is 4.74 Å². The molecule has 0 aliphatic rings. The summed E-state index contributed by atoms with van der Waals surface area (Å²) in [5.74, 6) is -12.4. The molecule has 0 N–H and O–H groups in total. The van der Waals surface area contributed by atoms with E-state index in [1.807, 2.05) is 6.92 Å².